The van der Waals surface area contributed by atoms with Crippen LogP contribution in [0.2, 0.25) is 0 Å². The van der Waals surface area contributed by atoms with Gasteiger partial charge in [0.25, 0.3) is 0 Å². The molecule has 0 unspecified atom stereocenters. The summed E-state index contributed by atoms with van der Waals surface area (Å²) in [7, 11) is 0. The molecule has 0 aromatic heterocycles. The van der Waals surface area contributed by atoms with E-state index in [1.165, 1.54) is 17.3 Å². The van der Waals surface area contributed by atoms with Crippen molar-refractivity contribution in [2.45, 2.75) is 11.8 Å². The Balaban J connectivity index is 0.00000196. The molecule has 0 aliphatic rings. The van der Waals surface area contributed by atoms with Gasteiger partial charge in [0.05, 0.1) is 0 Å². The molecule has 0 saturated carbocycles. The molecule has 3 N–H and O–H groups in total. The molecule has 15 heavy (non-hydrogen) atoms. The van der Waals surface area contributed by atoms with Gasteiger partial charge in [0, 0.05) is 31.6 Å². The Labute approximate surface area is 107 Å². The summed E-state index contributed by atoms with van der Waals surface area (Å²) in [5, 5.41) is 8.54. The van der Waals surface area contributed by atoms with Crippen LogP contribution in [0, 0.1) is 0 Å². The molecule has 0 bridgehead atoms. The Morgan fingerprint density at radius 1 is 1.40 bits per heavy atom. The van der Waals surface area contributed by atoms with Gasteiger partial charge in [-0.15, -0.1) is 0 Å². The van der Waals surface area contributed by atoms with Gasteiger partial charge in [-0.3, -0.25) is 4.79 Å². The van der Waals surface area contributed by atoms with Crippen molar-refractivity contribution in [3.05, 3.63) is 35.9 Å². The Morgan fingerprint density at radius 2 is 2.00 bits per heavy atom. The fraction of sp³-hybridized carbons (Fsp3) is 0.300. The first-order valence-corrected chi connectivity index (χ1v) is 5.45. The number of rotatable bonds is 5. The Morgan fingerprint density at radius 3 is 2.53 bits per heavy atom. The second kappa shape index (κ2) is 7.88. The molecule has 1 atom stereocenters. The second-order valence-electron chi connectivity index (χ2n) is 2.95. The molecule has 0 spiro atoms. The van der Waals surface area contributed by atoms with Crippen molar-refractivity contribution in [1.29, 1.82) is 0 Å². The Bertz CT molecular complexity index is 295. The number of aliphatic carboxylic acids is 1. The average molecular weight is 310 g/mol. The van der Waals surface area contributed by atoms with Crippen molar-refractivity contribution < 1.29 is 30.0 Å². The minimum absolute atomic E-state index is 0. The van der Waals surface area contributed by atoms with Crippen LogP contribution in [0.4, 0.5) is 0 Å². The van der Waals surface area contributed by atoms with Gasteiger partial charge in [-0.25, -0.2) is 0 Å². The molecule has 83 valence electrons. The smallest absolute Gasteiger partial charge is 0.321 e. The maximum atomic E-state index is 10.4. The van der Waals surface area contributed by atoms with Crippen molar-refractivity contribution in [2.75, 3.05) is 5.75 Å². The number of benzene rings is 1. The monoisotopic (exact) mass is 310 g/mol. The minimum Gasteiger partial charge on any atom is -0.480 e. The third kappa shape index (κ3) is 5.95. The van der Waals surface area contributed by atoms with E-state index in [-0.39, 0.29) is 20.1 Å². The summed E-state index contributed by atoms with van der Waals surface area (Å²) in [6, 6.07) is 9.15. The van der Waals surface area contributed by atoms with Gasteiger partial charge < -0.3 is 10.8 Å². The van der Waals surface area contributed by atoms with Crippen LogP contribution in [0.5, 0.6) is 0 Å². The van der Waals surface area contributed by atoms with Crippen LogP contribution >= 0.6 is 11.8 Å². The van der Waals surface area contributed by atoms with Crippen LogP contribution in [0.1, 0.15) is 5.56 Å². The molecular formula is C10H13NO2STc. The van der Waals surface area contributed by atoms with Crippen molar-refractivity contribution in [3.8, 4) is 0 Å². The van der Waals surface area contributed by atoms with Gasteiger partial charge >= 0.3 is 5.97 Å². The average Bonchev–Trinajstić information content (AvgIpc) is 2.19. The van der Waals surface area contributed by atoms with Gasteiger partial charge in [0.1, 0.15) is 6.04 Å². The molecule has 1 rings (SSSR count). The minimum atomic E-state index is -0.939. The fourth-order valence-electron chi connectivity index (χ4n) is 0.949. The maximum Gasteiger partial charge on any atom is 0.321 e. The van der Waals surface area contributed by atoms with Crippen molar-refractivity contribution in [1.82, 2.24) is 0 Å². The molecule has 1 aromatic carbocycles. The van der Waals surface area contributed by atoms with E-state index >= 15 is 0 Å². The summed E-state index contributed by atoms with van der Waals surface area (Å²) >= 11 is 1.54. The molecule has 0 amide bonds. The standard InChI is InChI=1S/C10H13NO2S.Tc/c11-9(10(12)13)7-14-6-8-4-2-1-3-5-8;/h1-5,9H,6-7,11H2,(H,12,13);/t9-;/m0./s1/i;1+1. The summed E-state index contributed by atoms with van der Waals surface area (Å²) in [6.07, 6.45) is 0. The topological polar surface area (TPSA) is 63.3 Å². The first-order chi connectivity index (χ1) is 6.70. The number of thioether (sulfide) groups is 1. The van der Waals surface area contributed by atoms with Crippen LogP contribution in [0.25, 0.3) is 0 Å². The summed E-state index contributed by atoms with van der Waals surface area (Å²) < 4.78 is 0. The zero-order valence-corrected chi connectivity index (χ0v) is 10.8. The van der Waals surface area contributed by atoms with E-state index in [1.54, 1.807) is 0 Å². The normalized spacial score (nSPS) is 11.5. The molecule has 0 aliphatic heterocycles. The Hall–Kier alpha value is -0.351. The third-order valence-electron chi connectivity index (χ3n) is 1.73. The third-order valence-corrected chi connectivity index (χ3v) is 2.86. The van der Waals surface area contributed by atoms with Gasteiger partial charge in [-0.05, 0) is 5.56 Å². The number of nitrogens with two attached hydrogens (primary N) is 1. The molecule has 0 heterocycles. The van der Waals surface area contributed by atoms with Crippen LogP contribution in [0.15, 0.2) is 30.3 Å². The number of carbonyl (C=O) groups is 1. The van der Waals surface area contributed by atoms with E-state index < -0.39 is 12.0 Å². The van der Waals surface area contributed by atoms with Crippen molar-refractivity contribution >= 4 is 17.7 Å². The van der Waals surface area contributed by atoms with E-state index in [1.807, 2.05) is 30.3 Å². The van der Waals surface area contributed by atoms with Crippen LogP contribution < -0.4 is 5.73 Å². The van der Waals surface area contributed by atoms with Crippen LogP contribution in [-0.2, 0) is 30.7 Å². The van der Waals surface area contributed by atoms with Crippen LogP contribution in [0.3, 0.4) is 0 Å². The molecule has 1 aromatic rings. The van der Waals surface area contributed by atoms with E-state index in [9.17, 15) is 4.79 Å². The molecular weight excluding hydrogens is 297 g/mol. The summed E-state index contributed by atoms with van der Waals surface area (Å²) in [5.41, 5.74) is 6.55. The quantitative estimate of drug-likeness (QED) is 0.861. The molecule has 1 radical (unpaired) electrons. The summed E-state index contributed by atoms with van der Waals surface area (Å²) in [5.74, 6) is 0.317. The van der Waals surface area contributed by atoms with Crippen molar-refractivity contribution in [3.63, 3.8) is 0 Å². The van der Waals surface area contributed by atoms with E-state index in [4.69, 9.17) is 10.8 Å². The van der Waals surface area contributed by atoms with Crippen molar-refractivity contribution in [2.24, 2.45) is 5.73 Å². The first-order valence-electron chi connectivity index (χ1n) is 4.30. The Kier molecular flexibility index (Phi) is 7.69. The largest absolute Gasteiger partial charge is 0.480 e. The fourth-order valence-corrected chi connectivity index (χ4v) is 1.89. The summed E-state index contributed by atoms with van der Waals surface area (Å²) in [4.78, 5) is 10.4. The molecule has 0 saturated heterocycles. The molecule has 3 nitrogen and oxygen atoms in total. The zero-order valence-electron chi connectivity index (χ0n) is 8.10. The number of carboxylic acid groups (broad SMARTS) is 1. The second-order valence-corrected chi connectivity index (χ2v) is 3.98. The first kappa shape index (κ1) is 14.6. The molecule has 0 fully saturated rings. The number of carboxylic acids is 1. The van der Waals surface area contributed by atoms with Gasteiger partial charge in [-0.2, -0.15) is 11.8 Å². The molecule has 5 heteroatoms. The maximum absolute atomic E-state index is 10.4. The number of hydrogen-bond donors (Lipinski definition) is 2. The van der Waals surface area contributed by atoms with Crippen LogP contribution in [-0.4, -0.2) is 22.9 Å². The van der Waals surface area contributed by atoms with Gasteiger partial charge in [0.15, 0.2) is 0 Å². The predicted octanol–water partition coefficient (Wildman–Crippen LogP) is 1.33. The van der Waals surface area contributed by atoms with Gasteiger partial charge in [0.2, 0.25) is 0 Å². The SMILES string of the molecule is N[C@@H](CSCc1ccccc1)C(=O)O.[99Tc]. The zero-order chi connectivity index (χ0) is 10.4. The van der Waals surface area contributed by atoms with E-state index in [2.05, 4.69) is 0 Å². The van der Waals surface area contributed by atoms with Gasteiger partial charge in [-0.1, -0.05) is 30.3 Å². The van der Waals surface area contributed by atoms with E-state index in [0.29, 0.717) is 5.75 Å². The molecule has 0 aliphatic carbocycles. The summed E-state index contributed by atoms with van der Waals surface area (Å²) in [6.45, 7) is 0. The predicted molar refractivity (Wildman–Crippen MR) is 58.2 cm³/mol. The van der Waals surface area contributed by atoms with E-state index in [0.717, 1.165) is 5.75 Å². The number of hydrogen-bond acceptors (Lipinski definition) is 3.